The maximum absolute atomic E-state index is 13.0. The van der Waals surface area contributed by atoms with E-state index < -0.39 is 11.7 Å². The maximum atomic E-state index is 13.0. The molecule has 0 saturated carbocycles. The quantitative estimate of drug-likeness (QED) is 0.911. The highest BCUT2D eigenvalue weighted by Gasteiger charge is 2.35. The highest BCUT2D eigenvalue weighted by Crippen LogP contribution is 2.39. The van der Waals surface area contributed by atoms with Crippen LogP contribution in [0.1, 0.15) is 36.8 Å². The summed E-state index contributed by atoms with van der Waals surface area (Å²) in [6.07, 6.45) is -2.61. The van der Waals surface area contributed by atoms with Crippen LogP contribution >= 0.6 is 12.4 Å². The van der Waals surface area contributed by atoms with E-state index in [1.807, 2.05) is 0 Å². The van der Waals surface area contributed by atoms with E-state index in [9.17, 15) is 13.2 Å². The zero-order valence-corrected chi connectivity index (χ0v) is 12.1. The van der Waals surface area contributed by atoms with Gasteiger partial charge < -0.3 is 10.1 Å². The molecule has 1 aliphatic rings. The molecule has 2 nitrogen and oxygen atoms in total. The van der Waals surface area contributed by atoms with Crippen LogP contribution in [0.4, 0.5) is 13.2 Å². The van der Waals surface area contributed by atoms with Crippen molar-refractivity contribution in [2.75, 3.05) is 19.7 Å². The fourth-order valence-electron chi connectivity index (χ4n) is 2.46. The van der Waals surface area contributed by atoms with E-state index in [0.29, 0.717) is 0 Å². The van der Waals surface area contributed by atoms with Crippen LogP contribution in [-0.4, -0.2) is 19.7 Å². The van der Waals surface area contributed by atoms with E-state index in [0.717, 1.165) is 31.5 Å². The number of halogens is 4. The van der Waals surface area contributed by atoms with Gasteiger partial charge in [-0.1, -0.05) is 6.07 Å². The molecule has 0 aromatic heterocycles. The van der Waals surface area contributed by atoms with Crippen molar-refractivity contribution in [3.8, 4) is 5.75 Å². The Balaban J connectivity index is 0.00000200. The van der Waals surface area contributed by atoms with Gasteiger partial charge in [-0.2, -0.15) is 13.2 Å². The molecule has 1 aromatic carbocycles. The van der Waals surface area contributed by atoms with E-state index in [4.69, 9.17) is 4.74 Å². The minimum absolute atomic E-state index is 0. The van der Waals surface area contributed by atoms with Crippen LogP contribution in [0.15, 0.2) is 18.2 Å². The number of hydrogen-bond acceptors (Lipinski definition) is 2. The van der Waals surface area contributed by atoms with Crippen LogP contribution in [0.3, 0.4) is 0 Å². The minimum atomic E-state index is -4.37. The molecular weight excluding hydrogens is 291 g/mol. The lowest BCUT2D eigenvalue weighted by Crippen LogP contribution is -2.26. The van der Waals surface area contributed by atoms with Crippen LogP contribution in [0, 0.1) is 0 Å². The van der Waals surface area contributed by atoms with Crippen LogP contribution in [-0.2, 0) is 6.18 Å². The second kappa shape index (κ2) is 7.18. The molecule has 0 unspecified atom stereocenters. The van der Waals surface area contributed by atoms with Gasteiger partial charge in [0.25, 0.3) is 0 Å². The molecule has 0 atom stereocenters. The van der Waals surface area contributed by atoms with Gasteiger partial charge in [-0.15, -0.1) is 12.4 Å². The van der Waals surface area contributed by atoms with E-state index >= 15 is 0 Å². The minimum Gasteiger partial charge on any atom is -0.493 e. The van der Waals surface area contributed by atoms with Crippen molar-refractivity contribution in [3.63, 3.8) is 0 Å². The molecule has 1 fully saturated rings. The summed E-state index contributed by atoms with van der Waals surface area (Å²) in [5.74, 6) is 0.130. The summed E-state index contributed by atoms with van der Waals surface area (Å²) in [6, 6.07) is 4.46. The molecule has 20 heavy (non-hydrogen) atoms. The summed E-state index contributed by atoms with van der Waals surface area (Å²) in [6.45, 7) is 3.63. The third-order valence-electron chi connectivity index (χ3n) is 3.42. The first-order valence-electron chi connectivity index (χ1n) is 6.57. The van der Waals surface area contributed by atoms with E-state index in [-0.39, 0.29) is 30.7 Å². The lowest BCUT2D eigenvalue weighted by atomic mass is 9.89. The molecule has 0 spiro atoms. The van der Waals surface area contributed by atoms with Gasteiger partial charge >= 0.3 is 6.18 Å². The van der Waals surface area contributed by atoms with Crippen molar-refractivity contribution in [2.24, 2.45) is 0 Å². The molecule has 1 aromatic rings. The predicted molar refractivity (Wildman–Crippen MR) is 74.7 cm³/mol. The average molecular weight is 310 g/mol. The molecular formula is C14H19ClF3NO. The van der Waals surface area contributed by atoms with Gasteiger partial charge in [0.15, 0.2) is 0 Å². The van der Waals surface area contributed by atoms with Gasteiger partial charge in [-0.05, 0) is 56.5 Å². The number of alkyl halides is 3. The molecule has 1 heterocycles. The molecule has 6 heteroatoms. The highest BCUT2D eigenvalue weighted by atomic mass is 35.5. The number of benzene rings is 1. The molecule has 0 radical (unpaired) electrons. The number of nitrogens with one attached hydrogen (secondary N) is 1. The van der Waals surface area contributed by atoms with Crippen molar-refractivity contribution < 1.29 is 17.9 Å². The SMILES string of the molecule is CCOc1ccc(C2CCNCC2)cc1C(F)(F)F.Cl. The molecule has 114 valence electrons. The van der Waals surface area contributed by atoms with E-state index in [1.165, 1.54) is 12.1 Å². The van der Waals surface area contributed by atoms with Gasteiger partial charge in [-0.3, -0.25) is 0 Å². The van der Waals surface area contributed by atoms with Crippen LogP contribution in [0.2, 0.25) is 0 Å². The average Bonchev–Trinajstić information content (AvgIpc) is 2.39. The molecule has 1 saturated heterocycles. The third-order valence-corrected chi connectivity index (χ3v) is 3.42. The zero-order valence-electron chi connectivity index (χ0n) is 11.3. The third kappa shape index (κ3) is 4.03. The Morgan fingerprint density at radius 1 is 1.25 bits per heavy atom. The summed E-state index contributed by atoms with van der Waals surface area (Å²) in [5.41, 5.74) is 0.0997. The second-order valence-corrected chi connectivity index (χ2v) is 4.71. The van der Waals surface area contributed by atoms with Crippen molar-refractivity contribution >= 4 is 12.4 Å². The van der Waals surface area contributed by atoms with E-state index in [2.05, 4.69) is 5.32 Å². The zero-order chi connectivity index (χ0) is 13.9. The van der Waals surface area contributed by atoms with Crippen molar-refractivity contribution in [1.29, 1.82) is 0 Å². The number of ether oxygens (including phenoxy) is 1. The maximum Gasteiger partial charge on any atom is 0.419 e. The Morgan fingerprint density at radius 2 is 1.90 bits per heavy atom. The van der Waals surface area contributed by atoms with Gasteiger partial charge in [0.2, 0.25) is 0 Å². The van der Waals surface area contributed by atoms with Crippen molar-refractivity contribution in [1.82, 2.24) is 5.32 Å². The number of rotatable bonds is 3. The molecule has 0 bridgehead atoms. The first kappa shape index (κ1) is 17.1. The Bertz CT molecular complexity index is 431. The first-order chi connectivity index (χ1) is 9.02. The fraction of sp³-hybridized carbons (Fsp3) is 0.571. The monoisotopic (exact) mass is 309 g/mol. The summed E-state index contributed by atoms with van der Waals surface area (Å²) in [4.78, 5) is 0. The van der Waals surface area contributed by atoms with Crippen molar-refractivity contribution in [2.45, 2.75) is 31.9 Å². The van der Waals surface area contributed by atoms with E-state index in [1.54, 1.807) is 13.0 Å². The molecule has 1 N–H and O–H groups in total. The Labute approximate surface area is 123 Å². The van der Waals surface area contributed by atoms with Gasteiger partial charge in [-0.25, -0.2) is 0 Å². The van der Waals surface area contributed by atoms with Crippen LogP contribution in [0.25, 0.3) is 0 Å². The Hall–Kier alpha value is -0.940. The second-order valence-electron chi connectivity index (χ2n) is 4.71. The number of piperidine rings is 1. The summed E-state index contributed by atoms with van der Waals surface area (Å²) >= 11 is 0. The first-order valence-corrected chi connectivity index (χ1v) is 6.57. The van der Waals surface area contributed by atoms with Gasteiger partial charge in [0.05, 0.1) is 12.2 Å². The fourth-order valence-corrected chi connectivity index (χ4v) is 2.46. The molecule has 0 amide bonds. The largest absolute Gasteiger partial charge is 0.493 e. The summed E-state index contributed by atoms with van der Waals surface area (Å²) in [7, 11) is 0. The highest BCUT2D eigenvalue weighted by molar-refractivity contribution is 5.85. The summed E-state index contributed by atoms with van der Waals surface area (Å²) < 4.78 is 44.2. The van der Waals surface area contributed by atoms with Crippen LogP contribution < -0.4 is 10.1 Å². The summed E-state index contributed by atoms with van der Waals surface area (Å²) in [5, 5.41) is 3.21. The van der Waals surface area contributed by atoms with Gasteiger partial charge in [0.1, 0.15) is 5.75 Å². The normalized spacial score (nSPS) is 16.6. The van der Waals surface area contributed by atoms with Crippen molar-refractivity contribution in [3.05, 3.63) is 29.3 Å². The van der Waals surface area contributed by atoms with Crippen LogP contribution in [0.5, 0.6) is 5.75 Å². The lowest BCUT2D eigenvalue weighted by molar-refractivity contribution is -0.139. The Morgan fingerprint density at radius 3 is 2.45 bits per heavy atom. The number of hydrogen-bond donors (Lipinski definition) is 1. The molecule has 2 rings (SSSR count). The Kier molecular flexibility index (Phi) is 6.14. The standard InChI is InChI=1S/C14H18F3NO.ClH/c1-2-19-13-4-3-11(9-12(13)14(15,16)17)10-5-7-18-8-6-10;/h3-4,9-10,18H,2,5-8H2,1H3;1H. The predicted octanol–water partition coefficient (Wildman–Crippen LogP) is 3.99. The van der Waals surface area contributed by atoms with Gasteiger partial charge in [0, 0.05) is 0 Å². The molecule has 1 aliphatic heterocycles. The molecule has 0 aliphatic carbocycles. The smallest absolute Gasteiger partial charge is 0.419 e. The topological polar surface area (TPSA) is 21.3 Å². The lowest BCUT2D eigenvalue weighted by Gasteiger charge is -2.24.